The monoisotopic (exact) mass is 291 g/mol. The Balaban J connectivity index is 1.56. The van der Waals surface area contributed by atoms with Crippen LogP contribution in [0.5, 0.6) is 0 Å². The molecule has 104 valence electrons. The van der Waals surface area contributed by atoms with Gasteiger partial charge in [-0.2, -0.15) is 0 Å². The summed E-state index contributed by atoms with van der Waals surface area (Å²) in [5, 5.41) is 4.31. The minimum Gasteiger partial charge on any atom is -0.461 e. The van der Waals surface area contributed by atoms with E-state index in [4.69, 9.17) is 16.0 Å². The normalized spacial score (nSPS) is 28.1. The molecule has 2 aromatic rings. The zero-order valence-corrected chi connectivity index (χ0v) is 11.6. The Morgan fingerprint density at radius 1 is 1.50 bits per heavy atom. The van der Waals surface area contributed by atoms with E-state index in [-0.39, 0.29) is 11.9 Å². The first-order chi connectivity index (χ1) is 9.70. The summed E-state index contributed by atoms with van der Waals surface area (Å²) in [6.07, 6.45) is 4.17. The van der Waals surface area contributed by atoms with E-state index in [0.717, 1.165) is 25.0 Å². The quantitative estimate of drug-likeness (QED) is 0.918. The van der Waals surface area contributed by atoms with Gasteiger partial charge in [0.2, 0.25) is 0 Å². The maximum atomic E-state index is 12.3. The lowest BCUT2D eigenvalue weighted by Gasteiger charge is -2.22. The van der Waals surface area contributed by atoms with Gasteiger partial charge in [-0.05, 0) is 24.9 Å². The smallest absolute Gasteiger partial charge is 0.270 e. The molecule has 2 fully saturated rings. The van der Waals surface area contributed by atoms with Crippen molar-refractivity contribution in [1.29, 1.82) is 0 Å². The maximum absolute atomic E-state index is 12.3. The van der Waals surface area contributed by atoms with Crippen LogP contribution in [-0.2, 0) is 0 Å². The van der Waals surface area contributed by atoms with E-state index in [2.05, 4.69) is 15.2 Å². The highest BCUT2D eigenvalue weighted by Gasteiger charge is 2.38. The van der Waals surface area contributed by atoms with Gasteiger partial charge in [0.15, 0.2) is 5.58 Å². The van der Waals surface area contributed by atoms with E-state index < -0.39 is 0 Å². The largest absolute Gasteiger partial charge is 0.461 e. The fourth-order valence-corrected chi connectivity index (χ4v) is 3.41. The zero-order valence-electron chi connectivity index (χ0n) is 10.8. The van der Waals surface area contributed by atoms with Crippen molar-refractivity contribution in [1.82, 2.24) is 15.2 Å². The molecular formula is C14H14ClN3O2. The molecule has 2 bridgehead atoms. The van der Waals surface area contributed by atoms with Crippen molar-refractivity contribution in [3.63, 3.8) is 0 Å². The molecule has 0 saturated carbocycles. The number of hydrogen-bond donors (Lipinski definition) is 1. The van der Waals surface area contributed by atoms with Crippen LogP contribution < -0.4 is 5.32 Å². The van der Waals surface area contributed by atoms with Crippen LogP contribution in [0.1, 0.15) is 16.9 Å². The molecule has 1 N–H and O–H groups in total. The van der Waals surface area contributed by atoms with Gasteiger partial charge in [0.05, 0.1) is 11.2 Å². The molecule has 4 rings (SSSR count). The Morgan fingerprint density at radius 2 is 2.40 bits per heavy atom. The van der Waals surface area contributed by atoms with Gasteiger partial charge in [-0.3, -0.25) is 4.79 Å². The number of rotatable bonds is 2. The average molecular weight is 292 g/mol. The van der Waals surface area contributed by atoms with Crippen LogP contribution in [0.4, 0.5) is 0 Å². The molecule has 0 spiro atoms. The van der Waals surface area contributed by atoms with E-state index in [0.29, 0.717) is 22.2 Å². The number of furan rings is 1. The Kier molecular flexibility index (Phi) is 2.72. The lowest BCUT2D eigenvalue weighted by Crippen LogP contribution is -2.43. The van der Waals surface area contributed by atoms with Crippen LogP contribution in [0.15, 0.2) is 22.9 Å². The second-order valence-electron chi connectivity index (χ2n) is 5.54. The first kappa shape index (κ1) is 12.2. The van der Waals surface area contributed by atoms with Gasteiger partial charge < -0.3 is 14.6 Å². The number of halogens is 1. The molecule has 2 saturated heterocycles. The molecule has 5 nitrogen and oxygen atoms in total. The number of fused-ring (bicyclic) bond motifs is 3. The summed E-state index contributed by atoms with van der Waals surface area (Å²) in [5.41, 5.74) is 0.983. The fraction of sp³-hybridized carbons (Fsp3) is 0.429. The number of hydrogen-bond acceptors (Lipinski definition) is 4. The molecule has 6 heteroatoms. The van der Waals surface area contributed by atoms with Crippen molar-refractivity contribution in [3.05, 3.63) is 29.2 Å². The lowest BCUT2D eigenvalue weighted by atomic mass is 10.00. The predicted molar refractivity (Wildman–Crippen MR) is 74.8 cm³/mol. The summed E-state index contributed by atoms with van der Waals surface area (Å²) < 4.78 is 5.22. The molecule has 0 aliphatic carbocycles. The predicted octanol–water partition coefficient (Wildman–Crippen LogP) is 1.92. The third kappa shape index (κ3) is 1.89. The van der Waals surface area contributed by atoms with E-state index in [1.54, 1.807) is 12.3 Å². The van der Waals surface area contributed by atoms with Crippen molar-refractivity contribution >= 4 is 28.5 Å². The molecule has 20 heavy (non-hydrogen) atoms. The third-order valence-electron chi connectivity index (χ3n) is 4.30. The molecule has 0 radical (unpaired) electrons. The van der Waals surface area contributed by atoms with Crippen LogP contribution in [0.3, 0.4) is 0 Å². The lowest BCUT2D eigenvalue weighted by molar-refractivity contribution is 0.0919. The minimum atomic E-state index is -0.136. The molecule has 4 heterocycles. The molecule has 2 unspecified atom stereocenters. The highest BCUT2D eigenvalue weighted by Crippen LogP contribution is 2.28. The van der Waals surface area contributed by atoms with Crippen LogP contribution in [-0.4, -0.2) is 41.5 Å². The van der Waals surface area contributed by atoms with Crippen LogP contribution in [0.2, 0.25) is 5.02 Å². The van der Waals surface area contributed by atoms with Gasteiger partial charge in [-0.25, -0.2) is 4.98 Å². The second-order valence-corrected chi connectivity index (χ2v) is 5.94. The number of piperidine rings is 1. The number of nitrogens with one attached hydrogen (secondary N) is 1. The Bertz CT molecular complexity index is 684. The summed E-state index contributed by atoms with van der Waals surface area (Å²) in [5.74, 6) is 0.447. The standard InChI is InChI=1S/C14H14ClN3O2/c15-10-7-20-13-4-16-11(3-9(10)13)14(19)17-12-6-18-2-1-8(12)5-18/h3-4,7-8,12H,1-2,5-6H2,(H,17,19)/t8?,12-/m1/s1. The highest BCUT2D eigenvalue weighted by molar-refractivity contribution is 6.35. The minimum absolute atomic E-state index is 0.136. The van der Waals surface area contributed by atoms with Crippen LogP contribution in [0, 0.1) is 5.92 Å². The van der Waals surface area contributed by atoms with Crippen molar-refractivity contribution in [2.75, 3.05) is 19.6 Å². The topological polar surface area (TPSA) is 58.4 Å². The van der Waals surface area contributed by atoms with Gasteiger partial charge in [0.25, 0.3) is 5.91 Å². The summed E-state index contributed by atoms with van der Waals surface area (Å²) >= 11 is 6.01. The first-order valence-corrected chi connectivity index (χ1v) is 7.14. The first-order valence-electron chi connectivity index (χ1n) is 6.76. The van der Waals surface area contributed by atoms with Gasteiger partial charge >= 0.3 is 0 Å². The van der Waals surface area contributed by atoms with Crippen molar-refractivity contribution < 1.29 is 9.21 Å². The van der Waals surface area contributed by atoms with Crippen LogP contribution in [0.25, 0.3) is 11.0 Å². The summed E-state index contributed by atoms with van der Waals surface area (Å²) in [4.78, 5) is 18.8. The number of nitrogens with zero attached hydrogens (tertiary/aromatic N) is 2. The highest BCUT2D eigenvalue weighted by atomic mass is 35.5. The molecule has 2 aromatic heterocycles. The molecule has 0 aromatic carbocycles. The maximum Gasteiger partial charge on any atom is 0.270 e. The molecule has 2 aliphatic rings. The number of carbonyl (C=O) groups is 1. The number of carbonyl (C=O) groups excluding carboxylic acids is 1. The van der Waals surface area contributed by atoms with Gasteiger partial charge in [-0.1, -0.05) is 11.6 Å². The third-order valence-corrected chi connectivity index (χ3v) is 4.59. The van der Waals surface area contributed by atoms with E-state index in [1.807, 2.05) is 0 Å². The molecule has 3 atom stereocenters. The van der Waals surface area contributed by atoms with E-state index in [1.165, 1.54) is 12.7 Å². The Morgan fingerprint density at radius 3 is 3.15 bits per heavy atom. The summed E-state index contributed by atoms with van der Waals surface area (Å²) in [7, 11) is 0. The average Bonchev–Trinajstić information content (AvgIpc) is 3.15. The van der Waals surface area contributed by atoms with Crippen molar-refractivity contribution in [3.8, 4) is 0 Å². The Hall–Kier alpha value is -1.59. The number of pyridine rings is 1. The fourth-order valence-electron chi connectivity index (χ4n) is 3.22. The molecule has 1 amide bonds. The van der Waals surface area contributed by atoms with Crippen LogP contribution >= 0.6 is 11.6 Å². The Labute approximate surface area is 120 Å². The summed E-state index contributed by atoms with van der Waals surface area (Å²) in [6, 6.07) is 1.93. The van der Waals surface area contributed by atoms with E-state index in [9.17, 15) is 4.79 Å². The van der Waals surface area contributed by atoms with Gasteiger partial charge in [0.1, 0.15) is 12.0 Å². The van der Waals surface area contributed by atoms with Crippen molar-refractivity contribution in [2.45, 2.75) is 12.5 Å². The molecule has 2 aliphatic heterocycles. The number of aromatic nitrogens is 1. The summed E-state index contributed by atoms with van der Waals surface area (Å²) in [6.45, 7) is 3.21. The molecular weight excluding hydrogens is 278 g/mol. The van der Waals surface area contributed by atoms with Gasteiger partial charge in [-0.15, -0.1) is 0 Å². The van der Waals surface area contributed by atoms with Gasteiger partial charge in [0, 0.05) is 24.5 Å². The second kappa shape index (κ2) is 4.46. The van der Waals surface area contributed by atoms with E-state index >= 15 is 0 Å². The number of amides is 1. The van der Waals surface area contributed by atoms with Crippen molar-refractivity contribution in [2.24, 2.45) is 5.92 Å². The SMILES string of the molecule is O=C(N[C@@H]1CN2CCC1C2)c1cc2c(Cl)coc2cn1. The zero-order chi connectivity index (χ0) is 13.7.